The van der Waals surface area contributed by atoms with Crippen molar-refractivity contribution in [2.24, 2.45) is 0 Å². The summed E-state index contributed by atoms with van der Waals surface area (Å²) in [5.74, 6) is -0.870. The van der Waals surface area contributed by atoms with Crippen molar-refractivity contribution in [3.8, 4) is 0 Å². The number of nitrogens with one attached hydrogen (secondary N) is 1. The quantitative estimate of drug-likeness (QED) is 0.859. The van der Waals surface area contributed by atoms with Gasteiger partial charge in [-0.25, -0.2) is 4.39 Å². The lowest BCUT2D eigenvalue weighted by atomic mass is 10.0. The Hall–Kier alpha value is -1.43. The Morgan fingerprint density at radius 1 is 1.37 bits per heavy atom. The maximum absolute atomic E-state index is 13.4. The van der Waals surface area contributed by atoms with Crippen LogP contribution in [0.2, 0.25) is 0 Å². The highest BCUT2D eigenvalue weighted by Crippen LogP contribution is 2.30. The minimum Gasteiger partial charge on any atom is -0.342 e. The number of amides is 2. The van der Waals surface area contributed by atoms with Gasteiger partial charge in [0.25, 0.3) is 5.91 Å². The number of nitrogens with zero attached hydrogens (tertiary/aromatic N) is 1. The molecule has 1 saturated heterocycles. The molecule has 0 saturated carbocycles. The predicted molar refractivity (Wildman–Crippen MR) is 73.3 cm³/mol. The lowest BCUT2D eigenvalue weighted by Gasteiger charge is -2.29. The molecule has 0 spiro atoms. The van der Waals surface area contributed by atoms with Crippen molar-refractivity contribution in [2.45, 2.75) is 25.8 Å². The van der Waals surface area contributed by atoms with E-state index in [1.54, 1.807) is 19.9 Å². The molecule has 1 aliphatic heterocycles. The van der Waals surface area contributed by atoms with Crippen molar-refractivity contribution in [3.05, 3.63) is 28.5 Å². The summed E-state index contributed by atoms with van der Waals surface area (Å²) in [6, 6.07) is 4.14. The first kappa shape index (κ1) is 14.0. The molecule has 0 aliphatic carbocycles. The second-order valence-corrected chi connectivity index (χ2v) is 5.83. The van der Waals surface area contributed by atoms with Crippen LogP contribution < -0.4 is 10.2 Å². The monoisotopic (exact) mass is 328 g/mol. The molecule has 1 N–H and O–H groups in total. The summed E-state index contributed by atoms with van der Waals surface area (Å²) < 4.78 is 14.0. The number of halogens is 2. The molecule has 19 heavy (non-hydrogen) atoms. The zero-order valence-electron chi connectivity index (χ0n) is 10.7. The lowest BCUT2D eigenvalue weighted by Crippen LogP contribution is -2.53. The summed E-state index contributed by atoms with van der Waals surface area (Å²) in [6.45, 7) is 3.51. The molecule has 1 aliphatic rings. The predicted octanol–water partition coefficient (Wildman–Crippen LogP) is 2.22. The second kappa shape index (κ2) is 4.92. The van der Waals surface area contributed by atoms with Crippen molar-refractivity contribution < 1.29 is 14.0 Å². The molecule has 0 aromatic heterocycles. The van der Waals surface area contributed by atoms with Crippen LogP contribution in [0.15, 0.2) is 22.7 Å². The summed E-state index contributed by atoms with van der Waals surface area (Å²) >= 11 is 3.31. The van der Waals surface area contributed by atoms with Gasteiger partial charge in [-0.05, 0) is 48.0 Å². The maximum Gasteiger partial charge on any atom is 0.252 e. The Bertz CT molecular complexity index is 545. The van der Waals surface area contributed by atoms with E-state index in [0.29, 0.717) is 10.2 Å². The van der Waals surface area contributed by atoms with E-state index in [9.17, 15) is 14.0 Å². The number of carbonyl (C=O) groups excluding carboxylic acids is 2. The third-order valence-electron chi connectivity index (χ3n) is 2.99. The standard InChI is InChI=1S/C13H14BrFN2O2/c1-13(2)12(19)17(6-5-11(18)16-13)10-7-8(15)3-4-9(10)14/h3-4,7H,5-6H2,1-2H3,(H,16,18). The molecule has 2 amide bonds. The van der Waals surface area contributed by atoms with Crippen molar-refractivity contribution in [2.75, 3.05) is 11.4 Å². The van der Waals surface area contributed by atoms with E-state index in [4.69, 9.17) is 0 Å². The molecule has 0 atom stereocenters. The van der Waals surface area contributed by atoms with E-state index in [0.717, 1.165) is 0 Å². The number of hydrogen-bond donors (Lipinski definition) is 1. The maximum atomic E-state index is 13.4. The molecular formula is C13H14BrFN2O2. The Morgan fingerprint density at radius 3 is 2.74 bits per heavy atom. The molecule has 0 radical (unpaired) electrons. The van der Waals surface area contributed by atoms with Gasteiger partial charge in [-0.15, -0.1) is 0 Å². The van der Waals surface area contributed by atoms with Gasteiger partial charge in [-0.1, -0.05) is 0 Å². The molecule has 6 heteroatoms. The van der Waals surface area contributed by atoms with Crippen molar-refractivity contribution in [1.82, 2.24) is 5.32 Å². The van der Waals surface area contributed by atoms with E-state index in [-0.39, 0.29) is 24.8 Å². The van der Waals surface area contributed by atoms with Crippen molar-refractivity contribution >= 4 is 33.4 Å². The fourth-order valence-electron chi connectivity index (χ4n) is 2.04. The summed E-state index contributed by atoms with van der Waals surface area (Å²) in [7, 11) is 0. The Labute approximate surface area is 119 Å². The van der Waals surface area contributed by atoms with Crippen LogP contribution in [0, 0.1) is 5.82 Å². The Balaban J connectivity index is 2.45. The fraction of sp³-hybridized carbons (Fsp3) is 0.385. The first-order chi connectivity index (χ1) is 8.81. The number of carbonyl (C=O) groups is 2. The summed E-state index contributed by atoms with van der Waals surface area (Å²) in [6.07, 6.45) is 0.193. The Kier molecular flexibility index (Phi) is 3.62. The molecule has 1 aromatic rings. The van der Waals surface area contributed by atoms with Gasteiger partial charge in [-0.3, -0.25) is 9.59 Å². The molecule has 0 bridgehead atoms. The SMILES string of the molecule is CC1(C)NC(=O)CCN(c2cc(F)ccc2Br)C1=O. The fourth-order valence-corrected chi connectivity index (χ4v) is 2.50. The van der Waals surface area contributed by atoms with Gasteiger partial charge in [0.1, 0.15) is 11.4 Å². The highest BCUT2D eigenvalue weighted by molar-refractivity contribution is 9.10. The van der Waals surface area contributed by atoms with Gasteiger partial charge < -0.3 is 10.2 Å². The average molecular weight is 329 g/mol. The lowest BCUT2D eigenvalue weighted by molar-refractivity contribution is -0.128. The van der Waals surface area contributed by atoms with E-state index < -0.39 is 11.4 Å². The molecule has 1 aromatic carbocycles. The van der Waals surface area contributed by atoms with Gasteiger partial charge in [-0.2, -0.15) is 0 Å². The molecule has 102 valence electrons. The van der Waals surface area contributed by atoms with Crippen molar-refractivity contribution in [3.63, 3.8) is 0 Å². The van der Waals surface area contributed by atoms with Gasteiger partial charge in [0, 0.05) is 17.4 Å². The largest absolute Gasteiger partial charge is 0.342 e. The van der Waals surface area contributed by atoms with Crippen LogP contribution in [0.1, 0.15) is 20.3 Å². The van der Waals surface area contributed by atoms with Crippen LogP contribution in [0.25, 0.3) is 0 Å². The number of hydrogen-bond acceptors (Lipinski definition) is 2. The van der Waals surface area contributed by atoms with Gasteiger partial charge in [0.05, 0.1) is 5.69 Å². The molecular weight excluding hydrogens is 315 g/mol. The van der Waals surface area contributed by atoms with Gasteiger partial charge in [0.15, 0.2) is 0 Å². The first-order valence-electron chi connectivity index (χ1n) is 5.89. The molecule has 0 unspecified atom stereocenters. The molecule has 4 nitrogen and oxygen atoms in total. The summed E-state index contributed by atoms with van der Waals surface area (Å²) in [4.78, 5) is 25.5. The van der Waals surface area contributed by atoms with E-state index in [1.807, 2.05) is 0 Å². The average Bonchev–Trinajstić information content (AvgIpc) is 2.41. The minimum absolute atomic E-state index is 0.187. The van der Waals surface area contributed by atoms with Crippen LogP contribution in [0.4, 0.5) is 10.1 Å². The van der Waals surface area contributed by atoms with E-state index in [2.05, 4.69) is 21.2 Å². The molecule has 2 rings (SSSR count). The molecule has 1 heterocycles. The minimum atomic E-state index is -1.00. The third kappa shape index (κ3) is 2.78. The Morgan fingerprint density at radius 2 is 2.05 bits per heavy atom. The number of anilines is 1. The summed E-state index contributed by atoms with van der Waals surface area (Å²) in [5.41, 5.74) is -0.561. The number of benzene rings is 1. The second-order valence-electron chi connectivity index (χ2n) is 4.98. The first-order valence-corrected chi connectivity index (χ1v) is 6.68. The summed E-state index contributed by atoms with van der Waals surface area (Å²) in [5, 5.41) is 2.66. The topological polar surface area (TPSA) is 49.4 Å². The van der Waals surface area contributed by atoms with Crippen LogP contribution in [-0.2, 0) is 9.59 Å². The van der Waals surface area contributed by atoms with Crippen molar-refractivity contribution in [1.29, 1.82) is 0 Å². The zero-order chi connectivity index (χ0) is 14.2. The third-order valence-corrected chi connectivity index (χ3v) is 3.66. The van der Waals surface area contributed by atoms with E-state index >= 15 is 0 Å². The highest BCUT2D eigenvalue weighted by Gasteiger charge is 2.37. The number of rotatable bonds is 1. The smallest absolute Gasteiger partial charge is 0.252 e. The molecule has 1 fully saturated rings. The highest BCUT2D eigenvalue weighted by atomic mass is 79.9. The van der Waals surface area contributed by atoms with Gasteiger partial charge in [0.2, 0.25) is 5.91 Å². The van der Waals surface area contributed by atoms with Gasteiger partial charge >= 0.3 is 0 Å². The van der Waals surface area contributed by atoms with Crippen LogP contribution >= 0.6 is 15.9 Å². The zero-order valence-corrected chi connectivity index (χ0v) is 12.3. The van der Waals surface area contributed by atoms with Crippen LogP contribution in [0.3, 0.4) is 0 Å². The van der Waals surface area contributed by atoms with E-state index in [1.165, 1.54) is 17.0 Å². The normalized spacial score (nSPS) is 19.1. The van der Waals surface area contributed by atoms with Crippen LogP contribution in [-0.4, -0.2) is 23.9 Å². The van der Waals surface area contributed by atoms with Crippen LogP contribution in [0.5, 0.6) is 0 Å².